The van der Waals surface area contributed by atoms with E-state index in [9.17, 15) is 19.8 Å². The minimum absolute atomic E-state index is 0.104. The predicted molar refractivity (Wildman–Crippen MR) is 78.2 cm³/mol. The first-order chi connectivity index (χ1) is 11.2. The van der Waals surface area contributed by atoms with Gasteiger partial charge in [-0.3, -0.25) is 9.59 Å². The fourth-order valence-corrected chi connectivity index (χ4v) is 2.13. The second kappa shape index (κ2) is 7.21. The van der Waals surface area contributed by atoms with Crippen LogP contribution < -0.4 is 11.5 Å². The second-order valence-corrected chi connectivity index (χ2v) is 5.86. The van der Waals surface area contributed by atoms with Gasteiger partial charge in [0, 0.05) is 0 Å². The fraction of sp³-hybridized carbons (Fsp3) is 0.692. The molecule has 2 heterocycles. The average molecular weight is 343 g/mol. The Balaban J connectivity index is 1.99. The van der Waals surface area contributed by atoms with Crippen LogP contribution in [-0.2, 0) is 14.3 Å². The molecule has 1 aromatic heterocycles. The van der Waals surface area contributed by atoms with Crippen LogP contribution in [0.25, 0.3) is 0 Å². The Kier molecular flexibility index (Phi) is 5.49. The molecule has 1 aromatic rings. The number of carbonyl (C=O) groups excluding carboxylic acids is 2. The van der Waals surface area contributed by atoms with E-state index in [0.717, 1.165) is 11.0 Å². The highest BCUT2D eigenvalue weighted by atomic mass is 16.6. The van der Waals surface area contributed by atoms with Crippen molar-refractivity contribution >= 4 is 11.9 Å². The number of esters is 1. The highest BCUT2D eigenvalue weighted by Crippen LogP contribution is 2.29. The van der Waals surface area contributed by atoms with E-state index in [0.29, 0.717) is 0 Å². The number of primary amides is 1. The summed E-state index contributed by atoms with van der Waals surface area (Å²) in [4.78, 5) is 26.4. The number of aliphatic hydroxyl groups is 2. The maximum Gasteiger partial charge on any atom is 0.323 e. The number of nitrogens with two attached hydrogens (primary N) is 2. The van der Waals surface area contributed by atoms with Crippen molar-refractivity contribution < 1.29 is 29.3 Å². The summed E-state index contributed by atoms with van der Waals surface area (Å²) in [6.45, 7) is 3.26. The van der Waals surface area contributed by atoms with Gasteiger partial charge in [0.15, 0.2) is 6.23 Å². The molecule has 1 aliphatic heterocycles. The molecule has 0 spiro atoms. The van der Waals surface area contributed by atoms with Crippen LogP contribution in [0.5, 0.6) is 0 Å². The lowest BCUT2D eigenvalue weighted by Crippen LogP contribution is -2.40. The smallest absolute Gasteiger partial charge is 0.323 e. The number of carbonyl (C=O) groups is 2. The molecule has 0 bridgehead atoms. The van der Waals surface area contributed by atoms with E-state index in [4.69, 9.17) is 20.9 Å². The minimum atomic E-state index is -1.35. The number of ether oxygens (including phenoxy) is 2. The number of nitrogens with zero attached hydrogens (tertiary/aromatic N) is 3. The first kappa shape index (κ1) is 18.3. The van der Waals surface area contributed by atoms with Crippen LogP contribution in [0.15, 0.2) is 6.33 Å². The van der Waals surface area contributed by atoms with Crippen LogP contribution in [0.4, 0.5) is 0 Å². The molecule has 0 aliphatic carbocycles. The highest BCUT2D eigenvalue weighted by molar-refractivity contribution is 5.88. The van der Waals surface area contributed by atoms with Crippen LogP contribution >= 0.6 is 0 Å². The molecule has 1 amide bonds. The number of amides is 1. The Morgan fingerprint density at radius 3 is 2.62 bits per heavy atom. The fourth-order valence-electron chi connectivity index (χ4n) is 2.13. The van der Waals surface area contributed by atoms with Gasteiger partial charge in [-0.15, -0.1) is 5.10 Å². The minimum Gasteiger partial charge on any atom is -0.462 e. The zero-order valence-corrected chi connectivity index (χ0v) is 13.3. The van der Waals surface area contributed by atoms with Gasteiger partial charge < -0.3 is 31.2 Å². The summed E-state index contributed by atoms with van der Waals surface area (Å²) < 4.78 is 11.5. The Bertz CT molecular complexity index is 605. The molecule has 1 saturated heterocycles. The van der Waals surface area contributed by atoms with E-state index < -0.39 is 42.5 Å². The lowest BCUT2D eigenvalue weighted by Gasteiger charge is -2.18. The zero-order valence-electron chi connectivity index (χ0n) is 13.3. The van der Waals surface area contributed by atoms with E-state index in [-0.39, 0.29) is 18.3 Å². The van der Waals surface area contributed by atoms with E-state index in [1.54, 1.807) is 13.8 Å². The summed E-state index contributed by atoms with van der Waals surface area (Å²) in [6, 6.07) is -0.794. The average Bonchev–Trinajstić information content (AvgIpc) is 3.11. The summed E-state index contributed by atoms with van der Waals surface area (Å²) in [5, 5.41) is 23.8. The Labute approximate surface area is 137 Å². The summed E-state index contributed by atoms with van der Waals surface area (Å²) in [5.74, 6) is -1.82. The Morgan fingerprint density at radius 1 is 1.42 bits per heavy atom. The first-order valence-electron chi connectivity index (χ1n) is 7.37. The van der Waals surface area contributed by atoms with Gasteiger partial charge >= 0.3 is 5.97 Å². The molecule has 5 atom stereocenters. The van der Waals surface area contributed by atoms with E-state index in [1.807, 2.05) is 0 Å². The van der Waals surface area contributed by atoms with Crippen molar-refractivity contribution in [2.75, 3.05) is 6.61 Å². The molecule has 2 rings (SSSR count). The molecule has 11 heteroatoms. The summed E-state index contributed by atoms with van der Waals surface area (Å²) in [5.41, 5.74) is 10.7. The molecular weight excluding hydrogens is 322 g/mol. The predicted octanol–water partition coefficient (Wildman–Crippen LogP) is -2.48. The third-order valence-electron chi connectivity index (χ3n) is 3.71. The van der Waals surface area contributed by atoms with Crippen LogP contribution in [-0.4, -0.2) is 67.8 Å². The van der Waals surface area contributed by atoms with Gasteiger partial charge in [0.05, 0.1) is 0 Å². The van der Waals surface area contributed by atoms with Crippen molar-refractivity contribution in [2.24, 2.45) is 17.4 Å². The topological polar surface area (TPSA) is 176 Å². The molecule has 0 aromatic carbocycles. The Morgan fingerprint density at radius 2 is 2.08 bits per heavy atom. The molecular formula is C13H21N5O6. The number of aromatic nitrogens is 3. The summed E-state index contributed by atoms with van der Waals surface area (Å²) >= 11 is 0. The van der Waals surface area contributed by atoms with Gasteiger partial charge in [0.25, 0.3) is 5.91 Å². The van der Waals surface area contributed by atoms with Crippen molar-refractivity contribution in [1.82, 2.24) is 14.8 Å². The number of rotatable bonds is 6. The van der Waals surface area contributed by atoms with Gasteiger partial charge in [-0.1, -0.05) is 13.8 Å². The van der Waals surface area contributed by atoms with Crippen LogP contribution in [0, 0.1) is 5.92 Å². The maximum absolute atomic E-state index is 11.7. The van der Waals surface area contributed by atoms with Crippen molar-refractivity contribution in [3.8, 4) is 0 Å². The monoisotopic (exact) mass is 343 g/mol. The normalized spacial score (nSPS) is 28.1. The first-order valence-corrected chi connectivity index (χ1v) is 7.37. The van der Waals surface area contributed by atoms with Crippen molar-refractivity contribution in [3.05, 3.63) is 12.2 Å². The molecule has 0 radical (unpaired) electrons. The molecule has 24 heavy (non-hydrogen) atoms. The van der Waals surface area contributed by atoms with E-state index >= 15 is 0 Å². The van der Waals surface area contributed by atoms with Crippen LogP contribution in [0.1, 0.15) is 30.7 Å². The van der Waals surface area contributed by atoms with Crippen molar-refractivity contribution in [3.63, 3.8) is 0 Å². The standard InChI is InChI=1S/C13H21N5O6/c1-5(2)7(14)13(22)23-3-6-8(19)9(20)12(24-6)18-4-16-11(17-18)10(15)21/h4-9,12,19-20H,3,14H2,1-2H3,(H2,15,21)/t6-,7?,8-,9-,12-/m0/s1. The lowest BCUT2D eigenvalue weighted by molar-refractivity contribution is -0.152. The Hall–Kier alpha value is -2.08. The van der Waals surface area contributed by atoms with E-state index in [1.165, 1.54) is 0 Å². The van der Waals surface area contributed by atoms with E-state index in [2.05, 4.69) is 10.1 Å². The highest BCUT2D eigenvalue weighted by Gasteiger charge is 2.45. The molecule has 1 fully saturated rings. The van der Waals surface area contributed by atoms with Crippen LogP contribution in [0.3, 0.4) is 0 Å². The van der Waals surface area contributed by atoms with Crippen molar-refractivity contribution in [1.29, 1.82) is 0 Å². The van der Waals surface area contributed by atoms with Gasteiger partial charge in [-0.25, -0.2) is 9.67 Å². The number of hydrogen-bond acceptors (Lipinski definition) is 9. The van der Waals surface area contributed by atoms with Gasteiger partial charge in [0.1, 0.15) is 37.3 Å². The van der Waals surface area contributed by atoms with Gasteiger partial charge in [-0.2, -0.15) is 0 Å². The quantitative estimate of drug-likeness (QED) is 0.407. The largest absolute Gasteiger partial charge is 0.462 e. The lowest BCUT2D eigenvalue weighted by atomic mass is 10.1. The number of aliphatic hydroxyl groups excluding tert-OH is 2. The zero-order chi connectivity index (χ0) is 18.0. The number of hydrogen-bond donors (Lipinski definition) is 4. The SMILES string of the molecule is CC(C)C(N)C(=O)OC[C@@H]1O[C@H](n2cnc(C(N)=O)n2)[C@@H](O)[C@H]1O. The molecule has 0 saturated carbocycles. The summed E-state index contributed by atoms with van der Waals surface area (Å²) in [6.07, 6.45) is -3.60. The maximum atomic E-state index is 11.7. The second-order valence-electron chi connectivity index (χ2n) is 5.86. The van der Waals surface area contributed by atoms with Gasteiger partial charge in [-0.05, 0) is 5.92 Å². The third kappa shape index (κ3) is 3.70. The van der Waals surface area contributed by atoms with Gasteiger partial charge in [0.2, 0.25) is 5.82 Å². The molecule has 11 nitrogen and oxygen atoms in total. The molecule has 1 aliphatic rings. The molecule has 6 N–H and O–H groups in total. The molecule has 134 valence electrons. The van der Waals surface area contributed by atoms with Crippen LogP contribution in [0.2, 0.25) is 0 Å². The van der Waals surface area contributed by atoms with Crippen molar-refractivity contribution in [2.45, 2.75) is 44.4 Å². The third-order valence-corrected chi connectivity index (χ3v) is 3.71. The molecule has 1 unspecified atom stereocenters. The summed E-state index contributed by atoms with van der Waals surface area (Å²) in [7, 11) is 0.